The van der Waals surface area contributed by atoms with Gasteiger partial charge in [0.15, 0.2) is 5.78 Å². The first kappa shape index (κ1) is 21.8. The standard InChI is InChI=1S/C25H30N2O3/c1-25(2,3)27-24(30)18-10-12-21(13-11-18)26-23(29)15-14-22(28)20-9-8-17-6-4-5-7-19(17)16-20/h8-13,16H,4-7,14-15H2,1-3H3,(H,26,29)(H,27,30). The van der Waals surface area contributed by atoms with Gasteiger partial charge in [0.1, 0.15) is 0 Å². The van der Waals surface area contributed by atoms with Crippen molar-refractivity contribution in [1.82, 2.24) is 5.32 Å². The smallest absolute Gasteiger partial charge is 0.251 e. The van der Waals surface area contributed by atoms with Crippen LogP contribution in [0, 0.1) is 0 Å². The monoisotopic (exact) mass is 406 g/mol. The van der Waals surface area contributed by atoms with Gasteiger partial charge in [-0.25, -0.2) is 0 Å². The summed E-state index contributed by atoms with van der Waals surface area (Å²) in [5.41, 5.74) is 4.13. The molecular weight excluding hydrogens is 376 g/mol. The van der Waals surface area contributed by atoms with Crippen LogP contribution >= 0.6 is 0 Å². The van der Waals surface area contributed by atoms with Crippen LogP contribution in [-0.2, 0) is 17.6 Å². The number of fused-ring (bicyclic) bond motifs is 1. The molecular formula is C25H30N2O3. The van der Waals surface area contributed by atoms with Crippen LogP contribution in [0.25, 0.3) is 0 Å². The van der Waals surface area contributed by atoms with Gasteiger partial charge in [-0.2, -0.15) is 0 Å². The van der Waals surface area contributed by atoms with Gasteiger partial charge < -0.3 is 10.6 Å². The molecule has 2 amide bonds. The predicted molar refractivity (Wildman–Crippen MR) is 119 cm³/mol. The van der Waals surface area contributed by atoms with Crippen LogP contribution in [0.5, 0.6) is 0 Å². The van der Waals surface area contributed by atoms with E-state index < -0.39 is 0 Å². The summed E-state index contributed by atoms with van der Waals surface area (Å²) >= 11 is 0. The first-order chi connectivity index (χ1) is 14.2. The molecule has 0 unspecified atom stereocenters. The predicted octanol–water partition coefficient (Wildman–Crippen LogP) is 4.70. The molecule has 0 atom stereocenters. The third kappa shape index (κ3) is 6.02. The summed E-state index contributed by atoms with van der Waals surface area (Å²) in [6, 6.07) is 12.7. The van der Waals surface area contributed by atoms with Crippen molar-refractivity contribution in [2.24, 2.45) is 0 Å². The number of aryl methyl sites for hydroxylation is 2. The van der Waals surface area contributed by atoms with Crippen LogP contribution in [0.4, 0.5) is 5.69 Å². The lowest BCUT2D eigenvalue weighted by atomic mass is 9.89. The second-order valence-corrected chi connectivity index (χ2v) is 8.94. The first-order valence-corrected chi connectivity index (χ1v) is 10.6. The van der Waals surface area contributed by atoms with E-state index in [4.69, 9.17) is 0 Å². The fourth-order valence-electron chi connectivity index (χ4n) is 3.62. The molecule has 158 valence electrons. The second-order valence-electron chi connectivity index (χ2n) is 8.94. The minimum absolute atomic E-state index is 0.00674. The Morgan fingerprint density at radius 1 is 0.833 bits per heavy atom. The molecule has 30 heavy (non-hydrogen) atoms. The zero-order valence-corrected chi connectivity index (χ0v) is 18.0. The van der Waals surface area contributed by atoms with Gasteiger partial charge in [0.05, 0.1) is 0 Å². The average Bonchev–Trinajstić information content (AvgIpc) is 2.71. The second kappa shape index (κ2) is 9.24. The number of carbonyl (C=O) groups excluding carboxylic acids is 3. The maximum absolute atomic E-state index is 12.5. The van der Waals surface area contributed by atoms with Crippen molar-refractivity contribution in [3.05, 3.63) is 64.7 Å². The largest absolute Gasteiger partial charge is 0.347 e. The molecule has 3 rings (SSSR count). The van der Waals surface area contributed by atoms with Gasteiger partial charge in [-0.15, -0.1) is 0 Å². The summed E-state index contributed by atoms with van der Waals surface area (Å²) in [7, 11) is 0. The molecule has 5 heteroatoms. The van der Waals surface area contributed by atoms with Gasteiger partial charge in [0.25, 0.3) is 5.91 Å². The van der Waals surface area contributed by atoms with Crippen molar-refractivity contribution < 1.29 is 14.4 Å². The lowest BCUT2D eigenvalue weighted by Gasteiger charge is -2.20. The van der Waals surface area contributed by atoms with Gasteiger partial charge in [0.2, 0.25) is 5.91 Å². The number of rotatable bonds is 6. The topological polar surface area (TPSA) is 75.3 Å². The third-order valence-electron chi connectivity index (χ3n) is 5.17. The van der Waals surface area contributed by atoms with Crippen LogP contribution in [0.3, 0.4) is 0 Å². The SMILES string of the molecule is CC(C)(C)NC(=O)c1ccc(NC(=O)CCC(=O)c2ccc3c(c2)CCCC3)cc1. The van der Waals surface area contributed by atoms with E-state index in [9.17, 15) is 14.4 Å². The molecule has 0 spiro atoms. The fourth-order valence-corrected chi connectivity index (χ4v) is 3.62. The zero-order chi connectivity index (χ0) is 21.7. The molecule has 2 aromatic rings. The molecule has 0 saturated carbocycles. The highest BCUT2D eigenvalue weighted by Gasteiger charge is 2.16. The van der Waals surface area contributed by atoms with Gasteiger partial charge in [-0.1, -0.05) is 12.1 Å². The Morgan fingerprint density at radius 3 is 2.13 bits per heavy atom. The van der Waals surface area contributed by atoms with E-state index in [1.54, 1.807) is 24.3 Å². The van der Waals surface area contributed by atoms with Gasteiger partial charge in [-0.3, -0.25) is 14.4 Å². The molecule has 0 fully saturated rings. The summed E-state index contributed by atoms with van der Waals surface area (Å²) in [4.78, 5) is 36.9. The van der Waals surface area contributed by atoms with Gasteiger partial charge >= 0.3 is 0 Å². The summed E-state index contributed by atoms with van der Waals surface area (Å²) in [6.07, 6.45) is 4.80. The highest BCUT2D eigenvalue weighted by molar-refractivity contribution is 6.00. The van der Waals surface area contributed by atoms with Crippen LogP contribution < -0.4 is 10.6 Å². The van der Waals surface area contributed by atoms with E-state index in [0.717, 1.165) is 12.8 Å². The van der Waals surface area contributed by atoms with E-state index in [0.29, 0.717) is 16.8 Å². The third-order valence-corrected chi connectivity index (χ3v) is 5.17. The fraction of sp³-hybridized carbons (Fsp3) is 0.400. The van der Waals surface area contributed by atoms with Crippen molar-refractivity contribution in [3.8, 4) is 0 Å². The molecule has 1 aliphatic carbocycles. The van der Waals surface area contributed by atoms with E-state index >= 15 is 0 Å². The molecule has 1 aliphatic rings. The van der Waals surface area contributed by atoms with E-state index in [-0.39, 0.29) is 36.0 Å². The molecule has 5 nitrogen and oxygen atoms in total. The molecule has 0 bridgehead atoms. The van der Waals surface area contributed by atoms with Crippen LogP contribution in [0.2, 0.25) is 0 Å². The van der Waals surface area contributed by atoms with E-state index in [1.165, 1.54) is 24.0 Å². The highest BCUT2D eigenvalue weighted by Crippen LogP contribution is 2.23. The summed E-state index contributed by atoms with van der Waals surface area (Å²) in [5, 5.41) is 5.69. The molecule has 0 radical (unpaired) electrons. The molecule has 2 N–H and O–H groups in total. The molecule has 0 aliphatic heterocycles. The number of hydrogen-bond donors (Lipinski definition) is 2. The summed E-state index contributed by atoms with van der Waals surface area (Å²) in [5.74, 6) is -0.378. The minimum Gasteiger partial charge on any atom is -0.347 e. The Morgan fingerprint density at radius 2 is 1.47 bits per heavy atom. The zero-order valence-electron chi connectivity index (χ0n) is 18.0. The number of anilines is 1. The number of carbonyl (C=O) groups is 3. The van der Waals surface area contributed by atoms with Crippen molar-refractivity contribution in [2.45, 2.75) is 64.8 Å². The van der Waals surface area contributed by atoms with Crippen LogP contribution in [-0.4, -0.2) is 23.1 Å². The lowest BCUT2D eigenvalue weighted by molar-refractivity contribution is -0.116. The quantitative estimate of drug-likeness (QED) is 0.683. The molecule has 0 aromatic heterocycles. The number of nitrogens with one attached hydrogen (secondary N) is 2. The Balaban J connectivity index is 1.51. The number of amides is 2. The number of benzene rings is 2. The number of hydrogen-bond acceptors (Lipinski definition) is 3. The maximum atomic E-state index is 12.5. The maximum Gasteiger partial charge on any atom is 0.251 e. The van der Waals surface area contributed by atoms with Crippen molar-refractivity contribution in [1.29, 1.82) is 0 Å². The van der Waals surface area contributed by atoms with E-state index in [1.807, 2.05) is 32.9 Å². The van der Waals surface area contributed by atoms with Gasteiger partial charge in [0, 0.05) is 35.2 Å². The van der Waals surface area contributed by atoms with Crippen molar-refractivity contribution >= 4 is 23.3 Å². The molecule has 0 heterocycles. The Labute approximate surface area is 178 Å². The Hall–Kier alpha value is -2.95. The summed E-state index contributed by atoms with van der Waals surface area (Å²) < 4.78 is 0. The minimum atomic E-state index is -0.311. The number of Topliss-reactive ketones (excluding diaryl/α,β-unsaturated/α-hetero) is 1. The Kier molecular flexibility index (Phi) is 6.70. The van der Waals surface area contributed by atoms with Crippen molar-refractivity contribution in [3.63, 3.8) is 0 Å². The van der Waals surface area contributed by atoms with Crippen LogP contribution in [0.1, 0.15) is 78.3 Å². The average molecular weight is 407 g/mol. The molecule has 0 saturated heterocycles. The summed E-state index contributed by atoms with van der Waals surface area (Å²) in [6.45, 7) is 5.76. The molecule has 2 aromatic carbocycles. The van der Waals surface area contributed by atoms with E-state index in [2.05, 4.69) is 16.7 Å². The first-order valence-electron chi connectivity index (χ1n) is 10.6. The number of ketones is 1. The van der Waals surface area contributed by atoms with Gasteiger partial charge in [-0.05, 0) is 87.9 Å². The Bertz CT molecular complexity index is 940. The lowest BCUT2D eigenvalue weighted by Crippen LogP contribution is -2.40. The highest BCUT2D eigenvalue weighted by atomic mass is 16.2. The van der Waals surface area contributed by atoms with Crippen LogP contribution in [0.15, 0.2) is 42.5 Å². The van der Waals surface area contributed by atoms with Crippen molar-refractivity contribution in [2.75, 3.05) is 5.32 Å². The normalized spacial score (nSPS) is 13.3.